The summed E-state index contributed by atoms with van der Waals surface area (Å²) in [6.07, 6.45) is 3.07. The molecule has 0 aliphatic carbocycles. The summed E-state index contributed by atoms with van der Waals surface area (Å²) < 4.78 is 40.4. The molecule has 2 amide bonds. The van der Waals surface area contributed by atoms with E-state index in [0.717, 1.165) is 29.0 Å². The Morgan fingerprint density at radius 1 is 0.951 bits per heavy atom. The third-order valence-corrected chi connectivity index (χ3v) is 8.22. The average Bonchev–Trinajstić information content (AvgIpc) is 2.94. The van der Waals surface area contributed by atoms with Crippen LogP contribution in [0.15, 0.2) is 78.9 Å². The van der Waals surface area contributed by atoms with E-state index in [9.17, 15) is 22.4 Å². The van der Waals surface area contributed by atoms with Crippen molar-refractivity contribution in [3.05, 3.63) is 101 Å². The van der Waals surface area contributed by atoms with Crippen LogP contribution in [0.2, 0.25) is 5.02 Å². The Balaban J connectivity index is 1.88. The SMILES string of the molecule is CCCCNC(=O)[C@@H](Cc1ccccc1)N(Cc1ccccc1Cl)C(=O)CCCN(c1ccccc1F)S(C)(=O)=O. The third kappa shape index (κ3) is 9.57. The number of unbranched alkanes of at least 4 members (excludes halogenated alkanes) is 1. The van der Waals surface area contributed by atoms with E-state index in [0.29, 0.717) is 23.6 Å². The predicted octanol–water partition coefficient (Wildman–Crippen LogP) is 5.58. The monoisotopic (exact) mass is 601 g/mol. The summed E-state index contributed by atoms with van der Waals surface area (Å²) in [6, 6.07) is 21.4. The van der Waals surface area contributed by atoms with Crippen LogP contribution in [0.1, 0.15) is 43.7 Å². The van der Waals surface area contributed by atoms with Crippen LogP contribution in [0.5, 0.6) is 0 Å². The maximum absolute atomic E-state index is 14.5. The van der Waals surface area contributed by atoms with Crippen molar-refractivity contribution in [3.8, 4) is 0 Å². The number of amides is 2. The van der Waals surface area contributed by atoms with Crippen LogP contribution in [0.3, 0.4) is 0 Å². The molecule has 0 aliphatic rings. The highest BCUT2D eigenvalue weighted by atomic mass is 35.5. The molecule has 3 aromatic carbocycles. The number of halogens is 2. The number of rotatable bonds is 15. The van der Waals surface area contributed by atoms with Crippen molar-refractivity contribution >= 4 is 39.1 Å². The molecule has 1 N–H and O–H groups in total. The Hall–Kier alpha value is -3.43. The standard InChI is InChI=1S/C31H37ClFN3O4S/c1-3-4-20-34-31(38)29(22-24-13-6-5-7-14-24)35(23-25-15-8-9-16-26(25)32)30(37)19-12-21-36(41(2,39)40)28-18-11-10-17-27(28)33/h5-11,13-18,29H,3-4,12,19-23H2,1-2H3,(H,34,38)/t29-/m1/s1. The molecule has 0 aliphatic heterocycles. The highest BCUT2D eigenvalue weighted by Crippen LogP contribution is 2.24. The summed E-state index contributed by atoms with van der Waals surface area (Å²) in [4.78, 5) is 28.8. The first kappa shape index (κ1) is 32.1. The quantitative estimate of drug-likeness (QED) is 0.230. The third-order valence-electron chi connectivity index (χ3n) is 6.67. The maximum atomic E-state index is 14.5. The lowest BCUT2D eigenvalue weighted by Crippen LogP contribution is -2.50. The van der Waals surface area contributed by atoms with Gasteiger partial charge >= 0.3 is 0 Å². The number of para-hydroxylation sites is 1. The van der Waals surface area contributed by atoms with E-state index >= 15 is 0 Å². The van der Waals surface area contributed by atoms with E-state index in [1.807, 2.05) is 43.3 Å². The fourth-order valence-corrected chi connectivity index (χ4v) is 5.67. The van der Waals surface area contributed by atoms with E-state index in [4.69, 9.17) is 11.6 Å². The molecule has 0 bridgehead atoms. The Kier molecular flexibility index (Phi) is 12.2. The lowest BCUT2D eigenvalue weighted by Gasteiger charge is -2.32. The van der Waals surface area contributed by atoms with Gasteiger partial charge in [0, 0.05) is 37.5 Å². The van der Waals surface area contributed by atoms with Crippen LogP contribution < -0.4 is 9.62 Å². The van der Waals surface area contributed by atoms with Gasteiger partial charge in [-0.05, 0) is 42.2 Å². The normalized spacial score (nSPS) is 12.0. The van der Waals surface area contributed by atoms with Crippen LogP contribution in [-0.2, 0) is 32.6 Å². The molecular formula is C31H37ClFN3O4S. The molecule has 0 radical (unpaired) electrons. The number of hydrogen-bond donors (Lipinski definition) is 1. The van der Waals surface area contributed by atoms with E-state index in [-0.39, 0.29) is 43.4 Å². The number of carbonyl (C=O) groups is 2. The smallest absolute Gasteiger partial charge is 0.243 e. The summed E-state index contributed by atoms with van der Waals surface area (Å²) in [5.74, 6) is -1.28. The zero-order valence-electron chi connectivity index (χ0n) is 23.4. The lowest BCUT2D eigenvalue weighted by molar-refractivity contribution is -0.141. The Bertz CT molecular complexity index is 1410. The minimum atomic E-state index is -3.81. The Morgan fingerprint density at radius 3 is 2.27 bits per heavy atom. The molecule has 0 aromatic heterocycles. The molecule has 0 fully saturated rings. The van der Waals surface area contributed by atoms with Crippen LogP contribution in [0.25, 0.3) is 0 Å². The van der Waals surface area contributed by atoms with Crippen molar-refractivity contribution in [2.24, 2.45) is 0 Å². The highest BCUT2D eigenvalue weighted by Gasteiger charge is 2.31. The van der Waals surface area contributed by atoms with E-state index in [2.05, 4.69) is 5.32 Å². The van der Waals surface area contributed by atoms with Gasteiger partial charge in [0.15, 0.2) is 0 Å². The molecule has 0 heterocycles. The lowest BCUT2D eigenvalue weighted by atomic mass is 10.0. The van der Waals surface area contributed by atoms with Gasteiger partial charge in [0.25, 0.3) is 0 Å². The number of sulfonamides is 1. The molecule has 0 saturated carbocycles. The minimum absolute atomic E-state index is 0.0571. The zero-order valence-corrected chi connectivity index (χ0v) is 25.0. The number of anilines is 1. The molecule has 3 aromatic rings. The van der Waals surface area contributed by atoms with Crippen molar-refractivity contribution in [1.82, 2.24) is 10.2 Å². The highest BCUT2D eigenvalue weighted by molar-refractivity contribution is 7.92. The molecule has 3 rings (SSSR count). The molecule has 220 valence electrons. The van der Waals surface area contributed by atoms with Crippen molar-refractivity contribution in [3.63, 3.8) is 0 Å². The van der Waals surface area contributed by atoms with Crippen molar-refractivity contribution in [2.45, 2.75) is 51.6 Å². The first-order valence-corrected chi connectivity index (χ1v) is 15.9. The topological polar surface area (TPSA) is 86.8 Å². The summed E-state index contributed by atoms with van der Waals surface area (Å²) in [6.45, 7) is 2.51. The molecule has 0 unspecified atom stereocenters. The van der Waals surface area contributed by atoms with Gasteiger partial charge in [0.05, 0.1) is 11.9 Å². The van der Waals surface area contributed by atoms with Crippen LogP contribution in [-0.4, -0.2) is 50.5 Å². The molecule has 10 heteroatoms. The number of nitrogens with one attached hydrogen (secondary N) is 1. The van der Waals surface area contributed by atoms with Gasteiger partial charge in [-0.25, -0.2) is 12.8 Å². The van der Waals surface area contributed by atoms with Gasteiger partial charge in [-0.3, -0.25) is 13.9 Å². The van der Waals surface area contributed by atoms with Gasteiger partial charge in [0.1, 0.15) is 11.9 Å². The Labute approximate surface area is 247 Å². The summed E-state index contributed by atoms with van der Waals surface area (Å²) >= 11 is 6.45. The fraction of sp³-hybridized carbons (Fsp3) is 0.355. The first-order valence-electron chi connectivity index (χ1n) is 13.7. The van der Waals surface area contributed by atoms with E-state index in [1.165, 1.54) is 23.1 Å². The minimum Gasteiger partial charge on any atom is -0.354 e. The predicted molar refractivity (Wildman–Crippen MR) is 162 cm³/mol. The molecule has 0 saturated heterocycles. The number of nitrogens with zero attached hydrogens (tertiary/aromatic N) is 2. The maximum Gasteiger partial charge on any atom is 0.243 e. The molecule has 41 heavy (non-hydrogen) atoms. The fourth-order valence-electron chi connectivity index (χ4n) is 4.51. The van der Waals surface area contributed by atoms with Gasteiger partial charge in [-0.2, -0.15) is 0 Å². The summed E-state index contributed by atoms with van der Waals surface area (Å²) in [5.41, 5.74) is 1.50. The number of hydrogen-bond acceptors (Lipinski definition) is 4. The van der Waals surface area contributed by atoms with Gasteiger partial charge < -0.3 is 10.2 Å². The molecule has 1 atom stereocenters. The van der Waals surface area contributed by atoms with Crippen molar-refractivity contribution in [1.29, 1.82) is 0 Å². The molecule has 0 spiro atoms. The first-order chi connectivity index (χ1) is 19.6. The van der Waals surface area contributed by atoms with Crippen LogP contribution >= 0.6 is 11.6 Å². The van der Waals surface area contributed by atoms with Crippen LogP contribution in [0.4, 0.5) is 10.1 Å². The molecular weight excluding hydrogens is 565 g/mol. The van der Waals surface area contributed by atoms with Gasteiger partial charge in [-0.15, -0.1) is 0 Å². The van der Waals surface area contributed by atoms with Crippen molar-refractivity contribution in [2.75, 3.05) is 23.7 Å². The largest absolute Gasteiger partial charge is 0.354 e. The number of benzene rings is 3. The summed E-state index contributed by atoms with van der Waals surface area (Å²) in [7, 11) is -3.81. The van der Waals surface area contributed by atoms with Crippen molar-refractivity contribution < 1.29 is 22.4 Å². The second-order valence-electron chi connectivity index (χ2n) is 9.85. The average molecular weight is 602 g/mol. The summed E-state index contributed by atoms with van der Waals surface area (Å²) in [5, 5.41) is 3.44. The van der Waals surface area contributed by atoms with Crippen LogP contribution in [0, 0.1) is 5.82 Å². The van der Waals surface area contributed by atoms with E-state index < -0.39 is 21.9 Å². The second kappa shape index (κ2) is 15.5. The number of carbonyl (C=O) groups excluding carboxylic acids is 2. The Morgan fingerprint density at radius 2 is 1.61 bits per heavy atom. The zero-order chi connectivity index (χ0) is 29.8. The van der Waals surface area contributed by atoms with Gasteiger partial charge in [-0.1, -0.05) is 85.6 Å². The molecule has 7 nitrogen and oxygen atoms in total. The van der Waals surface area contributed by atoms with Gasteiger partial charge in [0.2, 0.25) is 21.8 Å². The second-order valence-corrected chi connectivity index (χ2v) is 12.2. The van der Waals surface area contributed by atoms with E-state index in [1.54, 1.807) is 24.3 Å².